The second-order valence-corrected chi connectivity index (χ2v) is 7.97. The van der Waals surface area contributed by atoms with Crippen molar-refractivity contribution in [1.29, 1.82) is 0 Å². The Morgan fingerprint density at radius 1 is 0.903 bits per heavy atom. The molecule has 2 aliphatic rings. The maximum Gasteiger partial charge on any atom is 0.232 e. The van der Waals surface area contributed by atoms with E-state index in [0.717, 1.165) is 11.3 Å². The third-order valence-corrected chi connectivity index (χ3v) is 6.21. The van der Waals surface area contributed by atoms with Gasteiger partial charge >= 0.3 is 0 Å². The number of hydrogen-bond acceptors (Lipinski definition) is 4. The van der Waals surface area contributed by atoms with E-state index in [-0.39, 0.29) is 29.9 Å². The van der Waals surface area contributed by atoms with Gasteiger partial charge in [0.1, 0.15) is 11.5 Å². The second-order valence-electron chi connectivity index (χ2n) is 7.97. The topological polar surface area (TPSA) is 59.8 Å². The van der Waals surface area contributed by atoms with Crippen molar-refractivity contribution >= 4 is 17.4 Å². The molecule has 1 aromatic heterocycles. The highest BCUT2D eigenvalue weighted by molar-refractivity contribution is 6.08. The predicted molar refractivity (Wildman–Crippen MR) is 117 cm³/mol. The van der Waals surface area contributed by atoms with Crippen molar-refractivity contribution < 1.29 is 18.7 Å². The molecule has 1 aliphatic heterocycles. The molecule has 5 nitrogen and oxygen atoms in total. The number of ether oxygens (including phenoxy) is 1. The molecular weight excluding hydrogens is 390 g/mol. The number of rotatable bonds is 4. The first-order valence-corrected chi connectivity index (χ1v) is 10.5. The number of Topliss-reactive ketones (excluding diaryl/α,β-unsaturated/α-hetero) is 1. The molecule has 5 rings (SSSR count). The molecule has 156 valence electrons. The monoisotopic (exact) mass is 413 g/mol. The smallest absolute Gasteiger partial charge is 0.232 e. The van der Waals surface area contributed by atoms with Crippen molar-refractivity contribution in [1.82, 2.24) is 0 Å². The summed E-state index contributed by atoms with van der Waals surface area (Å²) in [6, 6.07) is 21.1. The maximum atomic E-state index is 13.5. The zero-order valence-electron chi connectivity index (χ0n) is 17.3. The van der Waals surface area contributed by atoms with E-state index in [9.17, 15) is 9.59 Å². The Morgan fingerprint density at radius 2 is 1.68 bits per heavy atom. The molecule has 2 atom stereocenters. The Bertz CT molecular complexity index is 1150. The van der Waals surface area contributed by atoms with Crippen LogP contribution in [0.1, 0.15) is 42.4 Å². The lowest BCUT2D eigenvalue weighted by Gasteiger charge is -2.40. The number of nitrogens with zero attached hydrogens (tertiary/aromatic N) is 1. The van der Waals surface area contributed by atoms with E-state index >= 15 is 0 Å². The lowest BCUT2D eigenvalue weighted by Crippen LogP contribution is -2.41. The number of allylic oxidation sites excluding steroid dienone is 2. The SMILES string of the molecule is COc1ccccc1N1C(=O)CC(c2ccco2)C2=C1CC(c1ccccc1)CC2=O. The van der Waals surface area contributed by atoms with Gasteiger partial charge in [-0.1, -0.05) is 42.5 Å². The fourth-order valence-electron chi connectivity index (χ4n) is 4.82. The van der Waals surface area contributed by atoms with Gasteiger partial charge < -0.3 is 9.15 Å². The maximum absolute atomic E-state index is 13.5. The summed E-state index contributed by atoms with van der Waals surface area (Å²) >= 11 is 0. The molecular formula is C26H23NO4. The third kappa shape index (κ3) is 3.36. The first-order chi connectivity index (χ1) is 15.2. The largest absolute Gasteiger partial charge is 0.495 e. The van der Waals surface area contributed by atoms with Gasteiger partial charge in [-0.3, -0.25) is 14.5 Å². The average molecular weight is 413 g/mol. The fourth-order valence-corrected chi connectivity index (χ4v) is 4.82. The Hall–Kier alpha value is -3.60. The lowest BCUT2D eigenvalue weighted by atomic mass is 9.74. The van der Waals surface area contributed by atoms with Crippen molar-refractivity contribution in [3.8, 4) is 5.75 Å². The number of benzene rings is 2. The van der Waals surface area contributed by atoms with E-state index in [1.807, 2.05) is 60.7 Å². The average Bonchev–Trinajstić information content (AvgIpc) is 3.34. The van der Waals surface area contributed by atoms with Crippen LogP contribution in [0.25, 0.3) is 0 Å². The van der Waals surface area contributed by atoms with E-state index in [4.69, 9.17) is 9.15 Å². The van der Waals surface area contributed by atoms with Gasteiger partial charge in [-0.15, -0.1) is 0 Å². The van der Waals surface area contributed by atoms with Gasteiger partial charge in [0.15, 0.2) is 5.78 Å². The summed E-state index contributed by atoms with van der Waals surface area (Å²) in [5, 5.41) is 0. The number of furan rings is 1. The Labute approximate surface area is 180 Å². The van der Waals surface area contributed by atoms with Crippen LogP contribution < -0.4 is 9.64 Å². The number of hydrogen-bond donors (Lipinski definition) is 0. The molecule has 2 heterocycles. The highest BCUT2D eigenvalue weighted by Gasteiger charge is 2.43. The van der Waals surface area contributed by atoms with Crippen molar-refractivity contribution in [2.24, 2.45) is 0 Å². The van der Waals surface area contributed by atoms with Gasteiger partial charge in [-0.05, 0) is 42.2 Å². The second kappa shape index (κ2) is 7.91. The van der Waals surface area contributed by atoms with Crippen LogP contribution in [0.4, 0.5) is 5.69 Å². The van der Waals surface area contributed by atoms with Gasteiger partial charge in [0, 0.05) is 24.1 Å². The zero-order chi connectivity index (χ0) is 21.4. The molecule has 2 aromatic carbocycles. The number of methoxy groups -OCH3 is 1. The van der Waals surface area contributed by atoms with Crippen LogP contribution in [0.15, 0.2) is 88.7 Å². The summed E-state index contributed by atoms with van der Waals surface area (Å²) in [7, 11) is 1.59. The molecule has 1 aliphatic carbocycles. The third-order valence-electron chi connectivity index (χ3n) is 6.21. The summed E-state index contributed by atoms with van der Waals surface area (Å²) in [5.74, 6) is 0.941. The first kappa shape index (κ1) is 19.4. The van der Waals surface area contributed by atoms with E-state index in [1.54, 1.807) is 24.3 Å². The molecule has 1 amide bonds. The van der Waals surface area contributed by atoms with Crippen molar-refractivity contribution in [3.63, 3.8) is 0 Å². The first-order valence-electron chi connectivity index (χ1n) is 10.5. The van der Waals surface area contributed by atoms with Crippen LogP contribution in [0.5, 0.6) is 5.75 Å². The number of carbonyl (C=O) groups is 2. The van der Waals surface area contributed by atoms with Crippen LogP contribution in [0, 0.1) is 0 Å². The molecule has 2 unspecified atom stereocenters. The van der Waals surface area contributed by atoms with Crippen molar-refractivity contribution in [3.05, 3.63) is 95.6 Å². The molecule has 31 heavy (non-hydrogen) atoms. The van der Waals surface area contributed by atoms with Crippen molar-refractivity contribution in [2.45, 2.75) is 31.1 Å². The minimum absolute atomic E-state index is 0.0211. The summed E-state index contributed by atoms with van der Waals surface area (Å²) in [6.45, 7) is 0. The van der Waals surface area contributed by atoms with Gasteiger partial charge in [0.2, 0.25) is 5.91 Å². The normalized spacial score (nSPS) is 21.3. The number of ketones is 1. The van der Waals surface area contributed by atoms with Crippen LogP contribution in [0.3, 0.4) is 0 Å². The lowest BCUT2D eigenvalue weighted by molar-refractivity contribution is -0.120. The standard InChI is InChI=1S/C26H23NO4/c1-30-24-11-6-5-10-20(24)27-21-14-18(17-8-3-2-4-9-17)15-22(28)26(21)19(16-25(27)29)23-12-7-13-31-23/h2-13,18-19H,14-16H2,1H3. The van der Waals surface area contributed by atoms with Gasteiger partial charge in [-0.25, -0.2) is 0 Å². The predicted octanol–water partition coefficient (Wildman–Crippen LogP) is 5.21. The number of anilines is 1. The molecule has 0 spiro atoms. The molecule has 0 saturated carbocycles. The van der Waals surface area contributed by atoms with Crippen LogP contribution >= 0.6 is 0 Å². The van der Waals surface area contributed by atoms with E-state index in [2.05, 4.69) is 0 Å². The quantitative estimate of drug-likeness (QED) is 0.589. The number of carbonyl (C=O) groups excluding carboxylic acids is 2. The van der Waals surface area contributed by atoms with Gasteiger partial charge in [0.25, 0.3) is 0 Å². The van der Waals surface area contributed by atoms with E-state index in [1.165, 1.54) is 0 Å². The highest BCUT2D eigenvalue weighted by atomic mass is 16.5. The van der Waals surface area contributed by atoms with Gasteiger partial charge in [-0.2, -0.15) is 0 Å². The fraction of sp³-hybridized carbons (Fsp3) is 0.231. The molecule has 0 fully saturated rings. The van der Waals surface area contributed by atoms with Crippen LogP contribution in [0.2, 0.25) is 0 Å². The Balaban J connectivity index is 1.67. The highest BCUT2D eigenvalue weighted by Crippen LogP contribution is 2.48. The Kier molecular flexibility index (Phi) is 4.94. The molecule has 0 saturated heterocycles. The van der Waals surface area contributed by atoms with Crippen LogP contribution in [-0.2, 0) is 9.59 Å². The minimum atomic E-state index is -0.354. The summed E-state index contributed by atoms with van der Waals surface area (Å²) in [5.41, 5.74) is 3.22. The van der Waals surface area contributed by atoms with E-state index in [0.29, 0.717) is 35.6 Å². The molecule has 5 heteroatoms. The summed E-state index contributed by atoms with van der Waals surface area (Å²) in [6.07, 6.45) is 2.80. The number of para-hydroxylation sites is 2. The zero-order valence-corrected chi connectivity index (χ0v) is 17.3. The molecule has 3 aromatic rings. The molecule has 0 N–H and O–H groups in total. The van der Waals surface area contributed by atoms with E-state index < -0.39 is 0 Å². The minimum Gasteiger partial charge on any atom is -0.495 e. The molecule has 0 bridgehead atoms. The molecule has 0 radical (unpaired) electrons. The van der Waals surface area contributed by atoms with Crippen molar-refractivity contribution in [2.75, 3.05) is 12.0 Å². The summed E-state index contributed by atoms with van der Waals surface area (Å²) in [4.78, 5) is 28.6. The van der Waals surface area contributed by atoms with Crippen LogP contribution in [-0.4, -0.2) is 18.8 Å². The summed E-state index contributed by atoms with van der Waals surface area (Å²) < 4.78 is 11.2. The van der Waals surface area contributed by atoms with Gasteiger partial charge in [0.05, 0.1) is 25.0 Å². The Morgan fingerprint density at radius 3 is 2.42 bits per heavy atom. The number of amides is 1.